The number of rotatable bonds is 5. The van der Waals surface area contributed by atoms with E-state index in [1.165, 1.54) is 36.8 Å². The van der Waals surface area contributed by atoms with Crippen LogP contribution in [0.4, 0.5) is 0 Å². The molecule has 0 aromatic heterocycles. The SMILES string of the molecule is Clc1ccc(C2CC(N(Cc3ccc(Br)c(Cl)c3)C3CCNCC3)C2)cc1. The third-order valence-corrected chi connectivity index (χ3v) is 7.53. The molecule has 1 N–H and O–H groups in total. The second kappa shape index (κ2) is 8.84. The molecule has 1 heterocycles. The first-order valence-corrected chi connectivity index (χ1v) is 11.3. The van der Waals surface area contributed by atoms with Crippen molar-refractivity contribution in [2.45, 2.75) is 50.2 Å². The molecule has 144 valence electrons. The highest BCUT2D eigenvalue weighted by Crippen LogP contribution is 2.42. The van der Waals surface area contributed by atoms with Crippen molar-refractivity contribution in [2.75, 3.05) is 13.1 Å². The fraction of sp³-hybridized carbons (Fsp3) is 0.455. The molecule has 0 amide bonds. The van der Waals surface area contributed by atoms with Crippen LogP contribution in [0, 0.1) is 0 Å². The van der Waals surface area contributed by atoms with Gasteiger partial charge in [-0.15, -0.1) is 0 Å². The van der Waals surface area contributed by atoms with Gasteiger partial charge < -0.3 is 5.32 Å². The number of piperidine rings is 1. The maximum Gasteiger partial charge on any atom is 0.0551 e. The molecule has 1 saturated carbocycles. The van der Waals surface area contributed by atoms with Crippen molar-refractivity contribution < 1.29 is 0 Å². The summed E-state index contributed by atoms with van der Waals surface area (Å²) in [6.07, 6.45) is 4.92. The van der Waals surface area contributed by atoms with Crippen LogP contribution in [0.2, 0.25) is 10.0 Å². The zero-order valence-corrected chi connectivity index (χ0v) is 18.4. The summed E-state index contributed by atoms with van der Waals surface area (Å²) in [5, 5.41) is 5.11. The monoisotopic (exact) mass is 466 g/mol. The fourth-order valence-electron chi connectivity index (χ4n) is 4.41. The van der Waals surface area contributed by atoms with Gasteiger partial charge in [-0.2, -0.15) is 0 Å². The van der Waals surface area contributed by atoms with Crippen LogP contribution >= 0.6 is 39.1 Å². The third-order valence-electron chi connectivity index (χ3n) is 6.05. The number of nitrogens with one attached hydrogen (secondary N) is 1. The molecule has 0 bridgehead atoms. The van der Waals surface area contributed by atoms with Crippen LogP contribution in [0.25, 0.3) is 0 Å². The number of hydrogen-bond acceptors (Lipinski definition) is 2. The van der Waals surface area contributed by atoms with E-state index in [0.717, 1.165) is 34.2 Å². The van der Waals surface area contributed by atoms with Gasteiger partial charge in [0, 0.05) is 28.1 Å². The zero-order valence-electron chi connectivity index (χ0n) is 15.3. The van der Waals surface area contributed by atoms with E-state index in [1.807, 2.05) is 12.1 Å². The lowest BCUT2D eigenvalue weighted by Crippen LogP contribution is -2.51. The summed E-state index contributed by atoms with van der Waals surface area (Å²) in [6, 6.07) is 16.1. The molecule has 2 aliphatic rings. The van der Waals surface area contributed by atoms with Crippen molar-refractivity contribution in [2.24, 2.45) is 0 Å². The highest BCUT2D eigenvalue weighted by atomic mass is 79.9. The lowest BCUT2D eigenvalue weighted by molar-refractivity contribution is 0.0435. The third kappa shape index (κ3) is 4.71. The second-order valence-corrected chi connectivity index (χ2v) is 9.47. The van der Waals surface area contributed by atoms with Crippen LogP contribution in [0.5, 0.6) is 0 Å². The van der Waals surface area contributed by atoms with Crippen molar-refractivity contribution in [3.63, 3.8) is 0 Å². The fourth-order valence-corrected chi connectivity index (χ4v) is 4.98. The van der Waals surface area contributed by atoms with Crippen molar-refractivity contribution in [3.05, 3.63) is 68.1 Å². The predicted molar refractivity (Wildman–Crippen MR) is 118 cm³/mol. The Balaban J connectivity index is 1.47. The van der Waals surface area contributed by atoms with Gasteiger partial charge in [-0.05, 0) is 96.0 Å². The van der Waals surface area contributed by atoms with Crippen LogP contribution in [-0.4, -0.2) is 30.1 Å². The molecule has 2 aromatic carbocycles. The normalized spacial score (nSPS) is 23.4. The zero-order chi connectivity index (χ0) is 18.8. The van der Waals surface area contributed by atoms with Crippen LogP contribution in [-0.2, 0) is 6.54 Å². The molecule has 0 atom stereocenters. The molecule has 1 aliphatic heterocycles. The standard InChI is InChI=1S/C22H25BrCl2N2/c23-21-6-1-15(11-22(21)25)14-27(19-7-9-26-10-8-19)20-12-17(13-20)16-2-4-18(24)5-3-16/h1-6,11,17,19-20,26H,7-10,12-14H2. The Bertz CT molecular complexity index is 768. The quantitative estimate of drug-likeness (QED) is 0.558. The van der Waals surface area contributed by atoms with E-state index in [1.54, 1.807) is 0 Å². The van der Waals surface area contributed by atoms with Crippen molar-refractivity contribution in [1.29, 1.82) is 0 Å². The Kier molecular flexibility index (Phi) is 6.45. The van der Waals surface area contributed by atoms with E-state index in [-0.39, 0.29) is 0 Å². The molecule has 4 rings (SSSR count). The van der Waals surface area contributed by atoms with Gasteiger partial charge in [-0.25, -0.2) is 0 Å². The molecule has 1 saturated heterocycles. The molecule has 0 radical (unpaired) electrons. The molecule has 5 heteroatoms. The summed E-state index contributed by atoms with van der Waals surface area (Å²) in [5.41, 5.74) is 2.73. The lowest BCUT2D eigenvalue weighted by atomic mass is 9.74. The van der Waals surface area contributed by atoms with Gasteiger partial charge in [0.2, 0.25) is 0 Å². The first-order chi connectivity index (χ1) is 13.1. The molecule has 1 aliphatic carbocycles. The topological polar surface area (TPSA) is 15.3 Å². The van der Waals surface area contributed by atoms with Gasteiger partial charge in [0.1, 0.15) is 0 Å². The summed E-state index contributed by atoms with van der Waals surface area (Å²) < 4.78 is 0.966. The van der Waals surface area contributed by atoms with Crippen molar-refractivity contribution in [3.8, 4) is 0 Å². The molecule has 2 aromatic rings. The molecule has 27 heavy (non-hydrogen) atoms. The summed E-state index contributed by atoms with van der Waals surface area (Å²) in [5.74, 6) is 0.657. The van der Waals surface area contributed by atoms with Crippen LogP contribution in [0.1, 0.15) is 42.7 Å². The molecule has 0 spiro atoms. The molecule has 2 fully saturated rings. The van der Waals surface area contributed by atoms with Crippen LogP contribution in [0.15, 0.2) is 46.9 Å². The minimum absolute atomic E-state index is 0.649. The Morgan fingerprint density at radius 1 is 0.963 bits per heavy atom. The second-order valence-electron chi connectivity index (χ2n) is 7.78. The lowest BCUT2D eigenvalue weighted by Gasteiger charge is -2.48. The minimum Gasteiger partial charge on any atom is -0.317 e. The number of benzene rings is 2. The maximum atomic E-state index is 6.34. The summed E-state index contributed by atoms with van der Waals surface area (Å²) in [7, 11) is 0. The summed E-state index contributed by atoms with van der Waals surface area (Å²) in [4.78, 5) is 2.74. The Labute approximate surface area is 180 Å². The van der Waals surface area contributed by atoms with E-state index >= 15 is 0 Å². The van der Waals surface area contributed by atoms with Gasteiger partial charge in [0.25, 0.3) is 0 Å². The highest BCUT2D eigenvalue weighted by molar-refractivity contribution is 9.10. The average Bonchev–Trinajstić information content (AvgIpc) is 2.65. The minimum atomic E-state index is 0.649. The van der Waals surface area contributed by atoms with E-state index in [0.29, 0.717) is 18.0 Å². The van der Waals surface area contributed by atoms with Crippen LogP contribution in [0.3, 0.4) is 0 Å². The molecule has 0 unspecified atom stereocenters. The largest absolute Gasteiger partial charge is 0.317 e. The van der Waals surface area contributed by atoms with Gasteiger partial charge in [-0.3, -0.25) is 4.90 Å². The van der Waals surface area contributed by atoms with Gasteiger partial charge in [0.15, 0.2) is 0 Å². The highest BCUT2D eigenvalue weighted by Gasteiger charge is 2.37. The van der Waals surface area contributed by atoms with Gasteiger partial charge in [-0.1, -0.05) is 41.4 Å². The Hall–Kier alpha value is -0.580. The van der Waals surface area contributed by atoms with E-state index < -0.39 is 0 Å². The van der Waals surface area contributed by atoms with Crippen molar-refractivity contribution >= 4 is 39.1 Å². The first-order valence-electron chi connectivity index (χ1n) is 9.76. The van der Waals surface area contributed by atoms with E-state index in [9.17, 15) is 0 Å². The van der Waals surface area contributed by atoms with Gasteiger partial charge in [0.05, 0.1) is 5.02 Å². The predicted octanol–water partition coefficient (Wildman–Crippen LogP) is 6.26. The maximum absolute atomic E-state index is 6.34. The smallest absolute Gasteiger partial charge is 0.0551 e. The Morgan fingerprint density at radius 3 is 2.33 bits per heavy atom. The molecular weight excluding hydrogens is 443 g/mol. The van der Waals surface area contributed by atoms with E-state index in [2.05, 4.69) is 56.5 Å². The summed E-state index contributed by atoms with van der Waals surface area (Å²) >= 11 is 15.9. The first kappa shape index (κ1) is 19.7. The molecule has 2 nitrogen and oxygen atoms in total. The van der Waals surface area contributed by atoms with Gasteiger partial charge >= 0.3 is 0 Å². The summed E-state index contributed by atoms with van der Waals surface area (Å²) in [6.45, 7) is 3.22. The number of hydrogen-bond donors (Lipinski definition) is 1. The van der Waals surface area contributed by atoms with E-state index in [4.69, 9.17) is 23.2 Å². The van der Waals surface area contributed by atoms with Crippen molar-refractivity contribution in [1.82, 2.24) is 10.2 Å². The number of nitrogens with zero attached hydrogens (tertiary/aromatic N) is 1. The average molecular weight is 468 g/mol. The van der Waals surface area contributed by atoms with Crippen LogP contribution < -0.4 is 5.32 Å². The Morgan fingerprint density at radius 2 is 1.67 bits per heavy atom. The molecular formula is C22H25BrCl2N2. The number of halogens is 3.